The molecule has 1 aliphatic carbocycles. The Bertz CT molecular complexity index is 449. The molecular weight excluding hydrogens is 244 g/mol. The number of aromatic nitrogens is 1. The van der Waals surface area contributed by atoms with Gasteiger partial charge in [0.2, 0.25) is 5.91 Å². The summed E-state index contributed by atoms with van der Waals surface area (Å²) in [6.07, 6.45) is 5.85. The van der Waals surface area contributed by atoms with Gasteiger partial charge in [-0.3, -0.25) is 4.79 Å². The van der Waals surface area contributed by atoms with Gasteiger partial charge in [-0.05, 0) is 43.6 Å². The first-order valence-electron chi connectivity index (χ1n) is 6.27. The molecule has 1 aliphatic rings. The van der Waals surface area contributed by atoms with Crippen molar-refractivity contribution < 1.29 is 4.79 Å². The number of amides is 1. The Balaban J connectivity index is 1.92. The second-order valence-electron chi connectivity index (χ2n) is 4.47. The molecule has 1 N–H and O–H groups in total. The zero-order valence-corrected chi connectivity index (χ0v) is 11.6. The first-order valence-corrected chi connectivity index (χ1v) is 7.25. The second-order valence-corrected chi connectivity index (χ2v) is 5.75. The van der Waals surface area contributed by atoms with Crippen molar-refractivity contribution in [2.24, 2.45) is 5.92 Å². The number of carbonyl (C=O) groups is 1. The third-order valence-corrected chi connectivity index (χ3v) is 3.70. The first-order chi connectivity index (χ1) is 8.69. The van der Waals surface area contributed by atoms with E-state index in [0.29, 0.717) is 5.92 Å². The zero-order chi connectivity index (χ0) is 13.0. The van der Waals surface area contributed by atoms with E-state index in [1.54, 1.807) is 24.0 Å². The van der Waals surface area contributed by atoms with Crippen LogP contribution in [0.5, 0.6) is 0 Å². The Morgan fingerprint density at radius 1 is 1.56 bits per heavy atom. The van der Waals surface area contributed by atoms with E-state index in [1.165, 1.54) is 18.4 Å². The van der Waals surface area contributed by atoms with Crippen molar-refractivity contribution in [3.8, 4) is 0 Å². The molecule has 1 saturated carbocycles. The lowest BCUT2D eigenvalue weighted by molar-refractivity contribution is -0.112. The molecule has 0 aromatic carbocycles. The monoisotopic (exact) mass is 262 g/mol. The standard InChI is InChI=1S/C14H18N2OS/c1-3-18-14-7-6-12(9-15-14)16-13(17)8-10(2)11-4-5-11/h6-9,11H,3-5H2,1-2H3,(H,16,17)/b10-8+. The van der Waals surface area contributed by atoms with Gasteiger partial charge in [0.15, 0.2) is 0 Å². The summed E-state index contributed by atoms with van der Waals surface area (Å²) in [6, 6.07) is 3.82. The van der Waals surface area contributed by atoms with Gasteiger partial charge >= 0.3 is 0 Å². The molecule has 0 spiro atoms. The minimum Gasteiger partial charge on any atom is -0.321 e. The number of nitrogens with one attached hydrogen (secondary N) is 1. The van der Waals surface area contributed by atoms with Gasteiger partial charge in [0.05, 0.1) is 16.9 Å². The molecule has 4 heteroatoms. The van der Waals surface area contributed by atoms with Crippen molar-refractivity contribution in [3.05, 3.63) is 30.0 Å². The molecule has 1 aromatic heterocycles. The van der Waals surface area contributed by atoms with Crippen molar-refractivity contribution in [2.45, 2.75) is 31.7 Å². The largest absolute Gasteiger partial charge is 0.321 e. The SMILES string of the molecule is CCSc1ccc(NC(=O)/C=C(\C)C2CC2)cn1. The van der Waals surface area contributed by atoms with E-state index < -0.39 is 0 Å². The van der Waals surface area contributed by atoms with Gasteiger partial charge in [-0.15, -0.1) is 11.8 Å². The predicted molar refractivity (Wildman–Crippen MR) is 75.7 cm³/mol. The number of hydrogen-bond acceptors (Lipinski definition) is 3. The van der Waals surface area contributed by atoms with E-state index >= 15 is 0 Å². The van der Waals surface area contributed by atoms with Crippen molar-refractivity contribution in [2.75, 3.05) is 11.1 Å². The lowest BCUT2D eigenvalue weighted by Crippen LogP contribution is -2.09. The second kappa shape index (κ2) is 6.05. The van der Waals surface area contributed by atoms with Crippen LogP contribution in [0.3, 0.4) is 0 Å². The molecule has 1 aromatic rings. The van der Waals surface area contributed by atoms with E-state index in [2.05, 4.69) is 17.2 Å². The summed E-state index contributed by atoms with van der Waals surface area (Å²) in [4.78, 5) is 16.0. The number of carbonyl (C=O) groups excluding carboxylic acids is 1. The van der Waals surface area contributed by atoms with Crippen molar-refractivity contribution >= 4 is 23.4 Å². The van der Waals surface area contributed by atoms with Crippen LogP contribution >= 0.6 is 11.8 Å². The lowest BCUT2D eigenvalue weighted by Gasteiger charge is -2.04. The Hall–Kier alpha value is -1.29. The molecular formula is C14H18N2OS. The summed E-state index contributed by atoms with van der Waals surface area (Å²) in [6.45, 7) is 4.12. The van der Waals surface area contributed by atoms with Crippen LogP contribution in [0.25, 0.3) is 0 Å². The molecule has 0 saturated heterocycles. The molecule has 0 unspecified atom stereocenters. The third kappa shape index (κ3) is 3.88. The number of allylic oxidation sites excluding steroid dienone is 1. The Labute approximate surface area is 112 Å². The molecule has 0 atom stereocenters. The fourth-order valence-electron chi connectivity index (χ4n) is 1.73. The molecule has 96 valence electrons. The normalized spacial score (nSPS) is 15.6. The molecule has 1 fully saturated rings. The van der Waals surface area contributed by atoms with Crippen molar-refractivity contribution in [3.63, 3.8) is 0 Å². The average molecular weight is 262 g/mol. The fraction of sp³-hybridized carbons (Fsp3) is 0.429. The number of nitrogens with zero attached hydrogens (tertiary/aromatic N) is 1. The Kier molecular flexibility index (Phi) is 4.42. The van der Waals surface area contributed by atoms with Gasteiger partial charge in [-0.2, -0.15) is 0 Å². The van der Waals surface area contributed by atoms with Crippen LogP contribution in [0.1, 0.15) is 26.7 Å². The van der Waals surface area contributed by atoms with Crippen LogP contribution in [0, 0.1) is 5.92 Å². The van der Waals surface area contributed by atoms with Crippen LogP contribution in [0.4, 0.5) is 5.69 Å². The maximum Gasteiger partial charge on any atom is 0.248 e. The molecule has 0 radical (unpaired) electrons. The highest BCUT2D eigenvalue weighted by Gasteiger charge is 2.23. The van der Waals surface area contributed by atoms with Crippen LogP contribution in [0.15, 0.2) is 35.0 Å². The maximum atomic E-state index is 11.7. The summed E-state index contributed by atoms with van der Waals surface area (Å²) in [7, 11) is 0. The van der Waals surface area contributed by atoms with Crippen LogP contribution in [-0.2, 0) is 4.79 Å². The quantitative estimate of drug-likeness (QED) is 0.652. The molecule has 18 heavy (non-hydrogen) atoms. The Morgan fingerprint density at radius 3 is 2.89 bits per heavy atom. The highest BCUT2D eigenvalue weighted by Crippen LogP contribution is 2.35. The predicted octanol–water partition coefficient (Wildman–Crippen LogP) is 3.49. The van der Waals surface area contributed by atoms with Crippen LogP contribution in [-0.4, -0.2) is 16.6 Å². The van der Waals surface area contributed by atoms with Gasteiger partial charge in [-0.25, -0.2) is 4.98 Å². The summed E-state index contributed by atoms with van der Waals surface area (Å²) in [5.74, 6) is 1.58. The van der Waals surface area contributed by atoms with E-state index in [1.807, 2.05) is 19.1 Å². The number of pyridine rings is 1. The molecule has 0 bridgehead atoms. The third-order valence-electron chi connectivity index (χ3n) is 2.88. The highest BCUT2D eigenvalue weighted by molar-refractivity contribution is 7.99. The topological polar surface area (TPSA) is 42.0 Å². The van der Waals surface area contributed by atoms with E-state index in [0.717, 1.165) is 16.5 Å². The van der Waals surface area contributed by atoms with Crippen LogP contribution in [0.2, 0.25) is 0 Å². The molecule has 1 amide bonds. The number of anilines is 1. The number of hydrogen-bond donors (Lipinski definition) is 1. The van der Waals surface area contributed by atoms with Gasteiger partial charge in [0, 0.05) is 6.08 Å². The van der Waals surface area contributed by atoms with Crippen LogP contribution < -0.4 is 5.32 Å². The summed E-state index contributed by atoms with van der Waals surface area (Å²) in [5, 5.41) is 3.82. The number of thioether (sulfide) groups is 1. The minimum absolute atomic E-state index is 0.0582. The fourth-order valence-corrected chi connectivity index (χ4v) is 2.32. The van der Waals surface area contributed by atoms with Gasteiger partial charge < -0.3 is 5.32 Å². The summed E-state index contributed by atoms with van der Waals surface area (Å²) in [5.41, 5.74) is 1.93. The lowest BCUT2D eigenvalue weighted by atomic mass is 10.2. The smallest absolute Gasteiger partial charge is 0.248 e. The minimum atomic E-state index is -0.0582. The van der Waals surface area contributed by atoms with E-state index in [4.69, 9.17) is 0 Å². The zero-order valence-electron chi connectivity index (χ0n) is 10.8. The van der Waals surface area contributed by atoms with E-state index in [-0.39, 0.29) is 5.91 Å². The summed E-state index contributed by atoms with van der Waals surface area (Å²) < 4.78 is 0. The highest BCUT2D eigenvalue weighted by atomic mass is 32.2. The van der Waals surface area contributed by atoms with Crippen molar-refractivity contribution in [1.29, 1.82) is 0 Å². The van der Waals surface area contributed by atoms with Crippen molar-refractivity contribution in [1.82, 2.24) is 4.98 Å². The molecule has 0 aliphatic heterocycles. The average Bonchev–Trinajstić information content (AvgIpc) is 3.16. The van der Waals surface area contributed by atoms with Gasteiger partial charge in [0.1, 0.15) is 0 Å². The molecule has 3 nitrogen and oxygen atoms in total. The first kappa shape index (κ1) is 13.1. The maximum absolute atomic E-state index is 11.7. The van der Waals surface area contributed by atoms with E-state index in [9.17, 15) is 4.79 Å². The van der Waals surface area contributed by atoms with Gasteiger partial charge in [-0.1, -0.05) is 12.5 Å². The number of rotatable bonds is 5. The van der Waals surface area contributed by atoms with Gasteiger partial charge in [0.25, 0.3) is 0 Å². The Morgan fingerprint density at radius 2 is 2.33 bits per heavy atom. The molecule has 1 heterocycles. The molecule has 2 rings (SSSR count). The summed E-state index contributed by atoms with van der Waals surface area (Å²) >= 11 is 1.69.